The van der Waals surface area contributed by atoms with Crippen molar-refractivity contribution in [3.8, 4) is 5.75 Å². The number of fused-ring (bicyclic) bond motifs is 1. The fraction of sp³-hybridized carbons (Fsp3) is 0.250. The van der Waals surface area contributed by atoms with Crippen molar-refractivity contribution in [3.63, 3.8) is 0 Å². The second-order valence-corrected chi connectivity index (χ2v) is 4.78. The van der Waals surface area contributed by atoms with E-state index in [9.17, 15) is 4.39 Å². The van der Waals surface area contributed by atoms with Crippen molar-refractivity contribution in [2.75, 3.05) is 12.4 Å². The highest BCUT2D eigenvalue weighted by Crippen LogP contribution is 2.34. The summed E-state index contributed by atoms with van der Waals surface area (Å²) in [4.78, 5) is 0. The number of benzene rings is 2. The molecular formula is C16H16FNO. The highest BCUT2D eigenvalue weighted by Gasteiger charge is 2.21. The summed E-state index contributed by atoms with van der Waals surface area (Å²) in [5.41, 5.74) is 3.62. The van der Waals surface area contributed by atoms with Crippen LogP contribution >= 0.6 is 0 Å². The minimum absolute atomic E-state index is 0.274. The summed E-state index contributed by atoms with van der Waals surface area (Å²) in [5.74, 6) is -0.0591. The first-order chi connectivity index (χ1) is 9.28. The molecule has 98 valence electrons. The van der Waals surface area contributed by atoms with Gasteiger partial charge < -0.3 is 10.1 Å². The van der Waals surface area contributed by atoms with Gasteiger partial charge in [0.15, 0.2) is 11.6 Å². The average molecular weight is 257 g/mol. The molecule has 0 aliphatic heterocycles. The molecule has 0 saturated heterocycles. The number of ether oxygens (including phenoxy) is 1. The Balaban J connectivity index is 1.83. The second kappa shape index (κ2) is 4.92. The molecule has 0 radical (unpaired) electrons. The molecule has 0 amide bonds. The monoisotopic (exact) mass is 257 g/mol. The number of hydrogen-bond acceptors (Lipinski definition) is 2. The number of halogens is 1. The van der Waals surface area contributed by atoms with Gasteiger partial charge in [-0.3, -0.25) is 0 Å². The lowest BCUT2D eigenvalue weighted by Crippen LogP contribution is -2.07. The van der Waals surface area contributed by atoms with Crippen LogP contribution in [0.25, 0.3) is 0 Å². The Morgan fingerprint density at radius 1 is 1.21 bits per heavy atom. The number of rotatable bonds is 3. The molecule has 2 aromatic rings. The van der Waals surface area contributed by atoms with E-state index in [1.54, 1.807) is 12.1 Å². The highest BCUT2D eigenvalue weighted by molar-refractivity contribution is 5.52. The number of methoxy groups -OCH3 is 1. The normalized spacial score (nSPS) is 17.1. The SMILES string of the molecule is COc1cc(NC2CCc3ccccc32)ccc1F. The summed E-state index contributed by atoms with van der Waals surface area (Å²) < 4.78 is 18.4. The highest BCUT2D eigenvalue weighted by atomic mass is 19.1. The molecule has 0 saturated carbocycles. The topological polar surface area (TPSA) is 21.3 Å². The van der Waals surface area contributed by atoms with Crippen LogP contribution in [0.4, 0.5) is 10.1 Å². The maximum absolute atomic E-state index is 13.4. The van der Waals surface area contributed by atoms with E-state index in [1.165, 1.54) is 24.3 Å². The first-order valence-corrected chi connectivity index (χ1v) is 6.46. The van der Waals surface area contributed by atoms with Gasteiger partial charge in [0.2, 0.25) is 0 Å². The predicted octanol–water partition coefficient (Wildman–Crippen LogP) is 3.93. The lowest BCUT2D eigenvalue weighted by Gasteiger charge is -2.16. The lowest BCUT2D eigenvalue weighted by atomic mass is 10.1. The van der Waals surface area contributed by atoms with E-state index in [4.69, 9.17) is 4.74 Å². The smallest absolute Gasteiger partial charge is 0.165 e. The third-order valence-corrected chi connectivity index (χ3v) is 3.62. The van der Waals surface area contributed by atoms with Crippen LogP contribution in [-0.2, 0) is 6.42 Å². The zero-order chi connectivity index (χ0) is 13.2. The van der Waals surface area contributed by atoms with Crippen molar-refractivity contribution in [1.29, 1.82) is 0 Å². The molecule has 0 heterocycles. The van der Waals surface area contributed by atoms with Crippen LogP contribution in [0.3, 0.4) is 0 Å². The number of aryl methyl sites for hydroxylation is 1. The predicted molar refractivity (Wildman–Crippen MR) is 74.1 cm³/mol. The van der Waals surface area contributed by atoms with E-state index in [1.807, 2.05) is 0 Å². The molecule has 1 aliphatic rings. The first-order valence-electron chi connectivity index (χ1n) is 6.46. The van der Waals surface area contributed by atoms with Crippen LogP contribution in [0, 0.1) is 5.82 Å². The molecule has 0 aromatic heterocycles. The standard InChI is InChI=1S/C16H16FNO/c1-19-16-10-12(7-8-14(16)17)18-15-9-6-11-4-2-3-5-13(11)15/h2-5,7-8,10,15,18H,6,9H2,1H3. The minimum Gasteiger partial charge on any atom is -0.494 e. The first kappa shape index (κ1) is 12.0. The molecule has 1 atom stereocenters. The largest absolute Gasteiger partial charge is 0.494 e. The third-order valence-electron chi connectivity index (χ3n) is 3.62. The average Bonchev–Trinajstić information content (AvgIpc) is 2.84. The van der Waals surface area contributed by atoms with Crippen molar-refractivity contribution >= 4 is 5.69 Å². The van der Waals surface area contributed by atoms with E-state index < -0.39 is 0 Å². The van der Waals surface area contributed by atoms with Gasteiger partial charge in [-0.25, -0.2) is 4.39 Å². The maximum Gasteiger partial charge on any atom is 0.165 e. The van der Waals surface area contributed by atoms with Gasteiger partial charge in [-0.15, -0.1) is 0 Å². The quantitative estimate of drug-likeness (QED) is 0.899. The summed E-state index contributed by atoms with van der Waals surface area (Å²) in [6.07, 6.45) is 2.16. The summed E-state index contributed by atoms with van der Waals surface area (Å²) in [5, 5.41) is 3.45. The Morgan fingerprint density at radius 3 is 2.89 bits per heavy atom. The van der Waals surface area contributed by atoms with Gasteiger partial charge in [0.1, 0.15) is 0 Å². The molecule has 1 N–H and O–H groups in total. The van der Waals surface area contributed by atoms with E-state index in [0.717, 1.165) is 18.5 Å². The fourth-order valence-corrected chi connectivity index (χ4v) is 2.66. The second-order valence-electron chi connectivity index (χ2n) is 4.78. The maximum atomic E-state index is 13.4. The van der Waals surface area contributed by atoms with Gasteiger partial charge in [0.05, 0.1) is 13.2 Å². The Kier molecular flexibility index (Phi) is 3.11. The molecular weight excluding hydrogens is 241 g/mol. The van der Waals surface area contributed by atoms with Crippen LogP contribution in [-0.4, -0.2) is 7.11 Å². The van der Waals surface area contributed by atoms with Crippen LogP contribution in [0.2, 0.25) is 0 Å². The van der Waals surface area contributed by atoms with Crippen LogP contribution < -0.4 is 10.1 Å². The molecule has 0 bridgehead atoms. The molecule has 19 heavy (non-hydrogen) atoms. The third kappa shape index (κ3) is 2.28. The summed E-state index contributed by atoms with van der Waals surface area (Å²) in [7, 11) is 1.48. The van der Waals surface area contributed by atoms with E-state index in [-0.39, 0.29) is 11.6 Å². The van der Waals surface area contributed by atoms with Gasteiger partial charge in [-0.05, 0) is 36.1 Å². The molecule has 0 spiro atoms. The molecule has 3 heteroatoms. The minimum atomic E-state index is -0.333. The van der Waals surface area contributed by atoms with Gasteiger partial charge in [0.25, 0.3) is 0 Å². The zero-order valence-electron chi connectivity index (χ0n) is 10.8. The Hall–Kier alpha value is -2.03. The summed E-state index contributed by atoms with van der Waals surface area (Å²) in [6, 6.07) is 13.6. The van der Waals surface area contributed by atoms with Gasteiger partial charge in [-0.1, -0.05) is 24.3 Å². The fourth-order valence-electron chi connectivity index (χ4n) is 2.66. The molecule has 2 aromatic carbocycles. The van der Waals surface area contributed by atoms with Gasteiger partial charge in [-0.2, -0.15) is 0 Å². The van der Waals surface area contributed by atoms with Crippen molar-refractivity contribution in [3.05, 3.63) is 59.4 Å². The van der Waals surface area contributed by atoms with Crippen molar-refractivity contribution in [2.45, 2.75) is 18.9 Å². The molecule has 3 rings (SSSR count). The Labute approximate surface area is 112 Å². The lowest BCUT2D eigenvalue weighted by molar-refractivity contribution is 0.386. The van der Waals surface area contributed by atoms with Crippen LogP contribution in [0.15, 0.2) is 42.5 Å². The Bertz CT molecular complexity index is 597. The molecule has 1 unspecified atom stereocenters. The summed E-state index contributed by atoms with van der Waals surface area (Å²) in [6.45, 7) is 0. The van der Waals surface area contributed by atoms with Crippen molar-refractivity contribution in [2.24, 2.45) is 0 Å². The van der Waals surface area contributed by atoms with Gasteiger partial charge in [0, 0.05) is 11.8 Å². The van der Waals surface area contributed by atoms with Crippen LogP contribution in [0.1, 0.15) is 23.6 Å². The van der Waals surface area contributed by atoms with E-state index >= 15 is 0 Å². The van der Waals surface area contributed by atoms with Crippen molar-refractivity contribution < 1.29 is 9.13 Å². The Morgan fingerprint density at radius 2 is 2.05 bits per heavy atom. The zero-order valence-corrected chi connectivity index (χ0v) is 10.8. The van der Waals surface area contributed by atoms with Crippen molar-refractivity contribution in [1.82, 2.24) is 0 Å². The van der Waals surface area contributed by atoms with Crippen LogP contribution in [0.5, 0.6) is 5.75 Å². The van der Waals surface area contributed by atoms with Gasteiger partial charge >= 0.3 is 0 Å². The number of hydrogen-bond donors (Lipinski definition) is 1. The molecule has 0 fully saturated rings. The molecule has 2 nitrogen and oxygen atoms in total. The molecule has 1 aliphatic carbocycles. The van der Waals surface area contributed by atoms with E-state index in [0.29, 0.717) is 6.04 Å². The number of anilines is 1. The number of nitrogens with one attached hydrogen (secondary N) is 1. The summed E-state index contributed by atoms with van der Waals surface area (Å²) >= 11 is 0. The van der Waals surface area contributed by atoms with E-state index in [2.05, 4.69) is 29.6 Å².